The fourth-order valence-electron chi connectivity index (χ4n) is 2.42. The number of rotatable bonds is 5. The van der Waals surface area contributed by atoms with Crippen LogP contribution in [0.15, 0.2) is 42.7 Å². The Hall–Kier alpha value is -3.02. The lowest BCUT2D eigenvalue weighted by molar-refractivity contribution is 0.358. The molecule has 1 heterocycles. The first kappa shape index (κ1) is 14.9. The lowest BCUT2D eigenvalue weighted by Crippen LogP contribution is -2.00. The van der Waals surface area contributed by atoms with E-state index in [-0.39, 0.29) is 0 Å². The van der Waals surface area contributed by atoms with Gasteiger partial charge in [0.15, 0.2) is 11.5 Å². The standard InChI is InChI=1S/C17H17N3O3/c1-21-13-7-5-4-6-12(13)20-17-11-8-9-14(22-2)16(23-3)15(11)18-10-19-17/h4-10H,1-3H3,(H,18,19,20). The van der Waals surface area contributed by atoms with Gasteiger partial charge in [0.25, 0.3) is 0 Å². The largest absolute Gasteiger partial charge is 0.495 e. The van der Waals surface area contributed by atoms with Crippen molar-refractivity contribution in [2.45, 2.75) is 0 Å². The summed E-state index contributed by atoms with van der Waals surface area (Å²) >= 11 is 0. The van der Waals surface area contributed by atoms with Crippen molar-refractivity contribution in [3.63, 3.8) is 0 Å². The van der Waals surface area contributed by atoms with E-state index in [2.05, 4.69) is 15.3 Å². The van der Waals surface area contributed by atoms with Gasteiger partial charge in [-0.2, -0.15) is 0 Å². The molecule has 0 atom stereocenters. The molecule has 3 rings (SSSR count). The molecular formula is C17H17N3O3. The topological polar surface area (TPSA) is 65.5 Å². The second-order valence-corrected chi connectivity index (χ2v) is 4.74. The van der Waals surface area contributed by atoms with Gasteiger partial charge in [0.1, 0.15) is 23.4 Å². The highest BCUT2D eigenvalue weighted by Crippen LogP contribution is 2.37. The molecule has 0 radical (unpaired) electrons. The Bertz CT molecular complexity index is 836. The second kappa shape index (κ2) is 6.39. The molecule has 0 saturated heterocycles. The summed E-state index contributed by atoms with van der Waals surface area (Å²) < 4.78 is 16.1. The Morgan fingerprint density at radius 1 is 0.826 bits per heavy atom. The van der Waals surface area contributed by atoms with Crippen LogP contribution in [0.25, 0.3) is 10.9 Å². The van der Waals surface area contributed by atoms with Crippen LogP contribution in [0.4, 0.5) is 11.5 Å². The van der Waals surface area contributed by atoms with Crippen molar-refractivity contribution in [3.8, 4) is 17.2 Å². The zero-order chi connectivity index (χ0) is 16.2. The number of benzene rings is 2. The molecule has 6 heteroatoms. The number of anilines is 2. The van der Waals surface area contributed by atoms with Gasteiger partial charge in [-0.1, -0.05) is 12.1 Å². The van der Waals surface area contributed by atoms with E-state index in [4.69, 9.17) is 14.2 Å². The molecule has 1 N–H and O–H groups in total. The summed E-state index contributed by atoms with van der Waals surface area (Å²) in [6.45, 7) is 0. The molecule has 0 spiro atoms. The van der Waals surface area contributed by atoms with Crippen molar-refractivity contribution >= 4 is 22.4 Å². The lowest BCUT2D eigenvalue weighted by Gasteiger charge is -2.14. The van der Waals surface area contributed by atoms with E-state index in [0.29, 0.717) is 22.8 Å². The van der Waals surface area contributed by atoms with E-state index < -0.39 is 0 Å². The molecule has 0 saturated carbocycles. The van der Waals surface area contributed by atoms with E-state index in [1.54, 1.807) is 21.3 Å². The van der Waals surface area contributed by atoms with Crippen LogP contribution >= 0.6 is 0 Å². The number of hydrogen-bond donors (Lipinski definition) is 1. The normalized spacial score (nSPS) is 10.4. The maximum atomic E-state index is 5.43. The van der Waals surface area contributed by atoms with Gasteiger partial charge in [0, 0.05) is 5.39 Å². The SMILES string of the molecule is COc1ccccc1Nc1ncnc2c(OC)c(OC)ccc12. The summed E-state index contributed by atoms with van der Waals surface area (Å²) in [6.07, 6.45) is 1.49. The molecule has 0 amide bonds. The summed E-state index contributed by atoms with van der Waals surface area (Å²) in [5, 5.41) is 4.11. The van der Waals surface area contributed by atoms with Crippen LogP contribution in [0.2, 0.25) is 0 Å². The Labute approximate surface area is 134 Å². The van der Waals surface area contributed by atoms with E-state index in [1.165, 1.54) is 6.33 Å². The monoisotopic (exact) mass is 311 g/mol. The number of hydrogen-bond acceptors (Lipinski definition) is 6. The number of nitrogens with one attached hydrogen (secondary N) is 1. The summed E-state index contributed by atoms with van der Waals surface area (Å²) in [5.41, 5.74) is 1.50. The van der Waals surface area contributed by atoms with E-state index in [9.17, 15) is 0 Å². The average molecular weight is 311 g/mol. The zero-order valence-corrected chi connectivity index (χ0v) is 13.2. The minimum Gasteiger partial charge on any atom is -0.495 e. The maximum Gasteiger partial charge on any atom is 0.187 e. The first-order valence-electron chi connectivity index (χ1n) is 7.04. The van der Waals surface area contributed by atoms with Crippen LogP contribution in [0, 0.1) is 0 Å². The smallest absolute Gasteiger partial charge is 0.187 e. The second-order valence-electron chi connectivity index (χ2n) is 4.74. The molecule has 0 aliphatic carbocycles. The van der Waals surface area contributed by atoms with Crippen LogP contribution in [-0.4, -0.2) is 31.3 Å². The van der Waals surface area contributed by atoms with E-state index in [1.807, 2.05) is 36.4 Å². The Balaban J connectivity index is 2.12. The molecule has 3 aromatic rings. The summed E-state index contributed by atoms with van der Waals surface area (Å²) in [4.78, 5) is 8.65. The highest BCUT2D eigenvalue weighted by molar-refractivity contribution is 5.96. The van der Waals surface area contributed by atoms with Crippen molar-refractivity contribution in [2.24, 2.45) is 0 Å². The van der Waals surface area contributed by atoms with Crippen molar-refractivity contribution in [1.29, 1.82) is 0 Å². The van der Waals surface area contributed by atoms with Crippen LogP contribution in [0.3, 0.4) is 0 Å². The third-order valence-electron chi connectivity index (χ3n) is 3.51. The van der Waals surface area contributed by atoms with Crippen molar-refractivity contribution in [1.82, 2.24) is 9.97 Å². The predicted octanol–water partition coefficient (Wildman–Crippen LogP) is 3.40. The predicted molar refractivity (Wildman–Crippen MR) is 88.9 cm³/mol. The van der Waals surface area contributed by atoms with Gasteiger partial charge < -0.3 is 19.5 Å². The molecule has 0 aliphatic rings. The van der Waals surface area contributed by atoms with Crippen LogP contribution in [0.5, 0.6) is 17.2 Å². The van der Waals surface area contributed by atoms with Crippen LogP contribution < -0.4 is 19.5 Å². The van der Waals surface area contributed by atoms with Gasteiger partial charge in [-0.15, -0.1) is 0 Å². The Morgan fingerprint density at radius 2 is 1.61 bits per heavy atom. The van der Waals surface area contributed by atoms with E-state index in [0.717, 1.165) is 16.8 Å². The maximum absolute atomic E-state index is 5.43. The van der Waals surface area contributed by atoms with Crippen LogP contribution in [0.1, 0.15) is 0 Å². The molecule has 0 fully saturated rings. The first-order chi connectivity index (χ1) is 11.3. The minimum atomic E-state index is 0.579. The van der Waals surface area contributed by atoms with Gasteiger partial charge in [-0.3, -0.25) is 0 Å². The lowest BCUT2D eigenvalue weighted by atomic mass is 10.2. The number of aromatic nitrogens is 2. The van der Waals surface area contributed by atoms with Crippen molar-refractivity contribution in [3.05, 3.63) is 42.7 Å². The molecule has 0 bridgehead atoms. The third kappa shape index (κ3) is 2.70. The van der Waals surface area contributed by atoms with Gasteiger partial charge in [-0.05, 0) is 24.3 Å². The molecule has 6 nitrogen and oxygen atoms in total. The fourth-order valence-corrected chi connectivity index (χ4v) is 2.42. The first-order valence-corrected chi connectivity index (χ1v) is 7.04. The average Bonchev–Trinajstić information content (AvgIpc) is 2.61. The Morgan fingerprint density at radius 3 is 2.35 bits per heavy atom. The molecule has 1 aromatic heterocycles. The number of ether oxygens (including phenoxy) is 3. The Kier molecular flexibility index (Phi) is 4.14. The van der Waals surface area contributed by atoms with Crippen molar-refractivity contribution < 1.29 is 14.2 Å². The van der Waals surface area contributed by atoms with Gasteiger partial charge >= 0.3 is 0 Å². The van der Waals surface area contributed by atoms with Crippen LogP contribution in [-0.2, 0) is 0 Å². The molecule has 2 aromatic carbocycles. The quantitative estimate of drug-likeness (QED) is 0.779. The van der Waals surface area contributed by atoms with Gasteiger partial charge in [-0.25, -0.2) is 9.97 Å². The zero-order valence-electron chi connectivity index (χ0n) is 13.2. The minimum absolute atomic E-state index is 0.579. The molecule has 0 unspecified atom stereocenters. The summed E-state index contributed by atoms with van der Waals surface area (Å²) in [7, 11) is 4.82. The number of para-hydroxylation sites is 2. The molecule has 0 aliphatic heterocycles. The molecular weight excluding hydrogens is 294 g/mol. The fraction of sp³-hybridized carbons (Fsp3) is 0.176. The molecule has 23 heavy (non-hydrogen) atoms. The summed E-state index contributed by atoms with van der Waals surface area (Å²) in [5.74, 6) is 2.61. The highest BCUT2D eigenvalue weighted by atomic mass is 16.5. The number of methoxy groups -OCH3 is 3. The van der Waals surface area contributed by atoms with E-state index >= 15 is 0 Å². The summed E-state index contributed by atoms with van der Waals surface area (Å²) in [6, 6.07) is 11.4. The molecule has 118 valence electrons. The number of fused-ring (bicyclic) bond motifs is 1. The van der Waals surface area contributed by atoms with Gasteiger partial charge in [0.05, 0.1) is 27.0 Å². The van der Waals surface area contributed by atoms with Crippen molar-refractivity contribution in [2.75, 3.05) is 26.6 Å². The third-order valence-corrected chi connectivity index (χ3v) is 3.51. The number of nitrogens with zero attached hydrogens (tertiary/aromatic N) is 2. The van der Waals surface area contributed by atoms with Gasteiger partial charge in [0.2, 0.25) is 0 Å². The highest BCUT2D eigenvalue weighted by Gasteiger charge is 2.14.